The van der Waals surface area contributed by atoms with Gasteiger partial charge in [-0.25, -0.2) is 9.59 Å². The average Bonchev–Trinajstić information content (AvgIpc) is 3.09. The zero-order valence-electron chi connectivity index (χ0n) is 18.2. The van der Waals surface area contributed by atoms with Gasteiger partial charge in [0.15, 0.2) is 0 Å². The van der Waals surface area contributed by atoms with Crippen LogP contribution in [0.15, 0.2) is 60.2 Å². The largest absolute Gasteiger partial charge is 0.478 e. The highest BCUT2D eigenvalue weighted by Crippen LogP contribution is 2.24. The Morgan fingerprint density at radius 2 is 1.76 bits per heavy atom. The quantitative estimate of drug-likeness (QED) is 0.336. The molecular formula is C25H21N3O5. The molecule has 2 N–H and O–H groups in total. The second-order valence-corrected chi connectivity index (χ2v) is 7.21. The number of nitrogens with zero attached hydrogens (tertiary/aromatic N) is 2. The number of esters is 1. The molecule has 0 fully saturated rings. The van der Waals surface area contributed by atoms with Crippen LogP contribution >= 0.6 is 0 Å². The van der Waals surface area contributed by atoms with Crippen LogP contribution in [0.25, 0.3) is 11.8 Å². The number of aromatic carboxylic acids is 1. The highest BCUT2D eigenvalue weighted by Gasteiger charge is 2.16. The number of hydrogen-bond donors (Lipinski definition) is 2. The zero-order valence-corrected chi connectivity index (χ0v) is 18.2. The Bertz CT molecular complexity index is 1330. The van der Waals surface area contributed by atoms with Crippen LogP contribution in [-0.4, -0.2) is 34.6 Å². The molecule has 0 aliphatic heterocycles. The topological polar surface area (TPSA) is 121 Å². The number of aryl methyl sites for hydroxylation is 1. The minimum absolute atomic E-state index is 0.0213. The lowest BCUT2D eigenvalue weighted by atomic mass is 10.1. The third kappa shape index (κ3) is 4.99. The maximum atomic E-state index is 12.6. The third-order valence-corrected chi connectivity index (χ3v) is 5.03. The minimum atomic E-state index is -1.12. The zero-order chi connectivity index (χ0) is 24.1. The summed E-state index contributed by atoms with van der Waals surface area (Å²) in [4.78, 5) is 35.7. The maximum absolute atomic E-state index is 12.6. The van der Waals surface area contributed by atoms with Crippen LogP contribution < -0.4 is 5.32 Å². The highest BCUT2D eigenvalue weighted by atomic mass is 16.5. The molecule has 166 valence electrons. The van der Waals surface area contributed by atoms with E-state index >= 15 is 0 Å². The molecule has 1 aromatic heterocycles. The van der Waals surface area contributed by atoms with Crippen molar-refractivity contribution in [3.63, 3.8) is 0 Å². The minimum Gasteiger partial charge on any atom is -0.478 e. The molecule has 2 aromatic carbocycles. The van der Waals surface area contributed by atoms with Crippen molar-refractivity contribution in [2.45, 2.75) is 13.8 Å². The van der Waals surface area contributed by atoms with E-state index in [2.05, 4.69) is 5.32 Å². The molecule has 0 radical (unpaired) electrons. The highest BCUT2D eigenvalue weighted by molar-refractivity contribution is 6.10. The number of amides is 1. The van der Waals surface area contributed by atoms with E-state index in [0.717, 1.165) is 17.1 Å². The Morgan fingerprint density at radius 3 is 2.42 bits per heavy atom. The smallest absolute Gasteiger partial charge is 0.337 e. The van der Waals surface area contributed by atoms with Crippen LogP contribution in [-0.2, 0) is 9.53 Å². The molecule has 3 aromatic rings. The van der Waals surface area contributed by atoms with Gasteiger partial charge in [0.05, 0.1) is 18.2 Å². The van der Waals surface area contributed by atoms with E-state index in [-0.39, 0.29) is 16.8 Å². The van der Waals surface area contributed by atoms with Crippen molar-refractivity contribution in [2.75, 3.05) is 12.4 Å². The number of carbonyl (C=O) groups excluding carboxylic acids is 2. The number of anilines is 1. The van der Waals surface area contributed by atoms with Crippen LogP contribution in [0.4, 0.5) is 5.69 Å². The van der Waals surface area contributed by atoms with E-state index in [1.807, 2.05) is 36.6 Å². The molecule has 0 aliphatic carbocycles. The normalized spacial score (nSPS) is 10.9. The number of benzene rings is 2. The summed E-state index contributed by atoms with van der Waals surface area (Å²) in [6.45, 7) is 3.71. The summed E-state index contributed by atoms with van der Waals surface area (Å²) in [6.07, 6.45) is 1.47. The fourth-order valence-corrected chi connectivity index (χ4v) is 3.45. The SMILES string of the molecule is COC(=O)c1cccc(-n2c(C)cc(C=C(C#N)C(=O)Nc3cccc(C(=O)O)c3)c2C)c1. The van der Waals surface area contributed by atoms with Crippen LogP contribution in [0.5, 0.6) is 0 Å². The second-order valence-electron chi connectivity index (χ2n) is 7.21. The number of methoxy groups -OCH3 is 1. The molecule has 0 aliphatic rings. The van der Waals surface area contributed by atoms with Crippen molar-refractivity contribution in [1.29, 1.82) is 5.26 Å². The molecule has 33 heavy (non-hydrogen) atoms. The fraction of sp³-hybridized carbons (Fsp3) is 0.120. The van der Waals surface area contributed by atoms with Crippen molar-refractivity contribution in [1.82, 2.24) is 4.57 Å². The molecule has 0 bridgehead atoms. The average molecular weight is 443 g/mol. The van der Waals surface area contributed by atoms with E-state index in [1.165, 1.54) is 31.4 Å². The maximum Gasteiger partial charge on any atom is 0.337 e. The molecule has 8 nitrogen and oxygen atoms in total. The lowest BCUT2D eigenvalue weighted by Gasteiger charge is -2.11. The van der Waals surface area contributed by atoms with Crippen molar-refractivity contribution < 1.29 is 24.2 Å². The molecule has 8 heteroatoms. The van der Waals surface area contributed by atoms with Crippen molar-refractivity contribution >= 4 is 29.6 Å². The summed E-state index contributed by atoms with van der Waals surface area (Å²) in [5, 5.41) is 21.2. The Labute approximate surface area is 190 Å². The van der Waals surface area contributed by atoms with Crippen LogP contribution in [0.1, 0.15) is 37.7 Å². The summed E-state index contributed by atoms with van der Waals surface area (Å²) in [5.41, 5.74) is 3.55. The number of nitrogens with one attached hydrogen (secondary N) is 1. The van der Waals surface area contributed by atoms with Gasteiger partial charge in [0.1, 0.15) is 11.6 Å². The number of nitriles is 1. The van der Waals surface area contributed by atoms with E-state index in [0.29, 0.717) is 11.1 Å². The number of hydrogen-bond acceptors (Lipinski definition) is 5. The standard InChI is InChI=1S/C25H21N3O5/c1-15-10-19(16(2)28(15)22-9-5-7-18(13-22)25(32)33-3)11-20(14-26)23(29)27-21-8-4-6-17(12-21)24(30)31/h4-13H,1-3H3,(H,27,29)(H,30,31). The first-order valence-electron chi connectivity index (χ1n) is 9.89. The Morgan fingerprint density at radius 1 is 1.06 bits per heavy atom. The van der Waals surface area contributed by atoms with Crippen molar-refractivity contribution in [3.05, 3.63) is 88.2 Å². The molecular weight excluding hydrogens is 422 g/mol. The van der Waals surface area contributed by atoms with Gasteiger partial charge in [-0.3, -0.25) is 4.79 Å². The van der Waals surface area contributed by atoms with Gasteiger partial charge in [-0.1, -0.05) is 12.1 Å². The number of carboxylic acid groups (broad SMARTS) is 1. The first-order chi connectivity index (χ1) is 15.7. The van der Waals surface area contributed by atoms with Gasteiger partial charge in [-0.05, 0) is 68.0 Å². The molecule has 0 spiro atoms. The fourth-order valence-electron chi connectivity index (χ4n) is 3.45. The number of carboxylic acids is 1. The molecule has 0 atom stereocenters. The van der Waals surface area contributed by atoms with Gasteiger partial charge in [0, 0.05) is 22.8 Å². The first-order valence-corrected chi connectivity index (χ1v) is 9.89. The third-order valence-electron chi connectivity index (χ3n) is 5.03. The monoisotopic (exact) mass is 443 g/mol. The Balaban J connectivity index is 1.93. The number of carbonyl (C=O) groups is 3. The Kier molecular flexibility index (Phi) is 6.74. The van der Waals surface area contributed by atoms with Gasteiger partial charge in [-0.15, -0.1) is 0 Å². The predicted molar refractivity (Wildman–Crippen MR) is 122 cm³/mol. The predicted octanol–water partition coefficient (Wildman–Crippen LogP) is 4.12. The summed E-state index contributed by atoms with van der Waals surface area (Å²) < 4.78 is 6.69. The van der Waals surface area contributed by atoms with E-state index < -0.39 is 17.8 Å². The van der Waals surface area contributed by atoms with Gasteiger partial charge in [-0.2, -0.15) is 5.26 Å². The lowest BCUT2D eigenvalue weighted by Crippen LogP contribution is -2.14. The van der Waals surface area contributed by atoms with Gasteiger partial charge in [0.25, 0.3) is 5.91 Å². The van der Waals surface area contributed by atoms with Gasteiger partial charge in [0.2, 0.25) is 0 Å². The second kappa shape index (κ2) is 9.66. The summed E-state index contributed by atoms with van der Waals surface area (Å²) in [6, 6.07) is 16.4. The molecule has 0 unspecified atom stereocenters. The molecule has 0 saturated heterocycles. The number of aromatic nitrogens is 1. The van der Waals surface area contributed by atoms with Gasteiger partial charge >= 0.3 is 11.9 Å². The van der Waals surface area contributed by atoms with Crippen LogP contribution in [0, 0.1) is 25.2 Å². The molecule has 3 rings (SSSR count). The summed E-state index contributed by atoms with van der Waals surface area (Å²) >= 11 is 0. The lowest BCUT2D eigenvalue weighted by molar-refractivity contribution is -0.112. The number of ether oxygens (including phenoxy) is 1. The van der Waals surface area contributed by atoms with Crippen LogP contribution in [0.2, 0.25) is 0 Å². The molecule has 1 amide bonds. The summed E-state index contributed by atoms with van der Waals surface area (Å²) in [7, 11) is 1.32. The number of rotatable bonds is 6. The van der Waals surface area contributed by atoms with Gasteiger partial charge < -0.3 is 19.7 Å². The first kappa shape index (κ1) is 23.0. The van der Waals surface area contributed by atoms with E-state index in [9.17, 15) is 19.6 Å². The van der Waals surface area contributed by atoms with E-state index in [4.69, 9.17) is 9.84 Å². The van der Waals surface area contributed by atoms with Crippen LogP contribution in [0.3, 0.4) is 0 Å². The molecule has 1 heterocycles. The van der Waals surface area contributed by atoms with E-state index in [1.54, 1.807) is 24.3 Å². The Hall–Kier alpha value is -4.64. The molecule has 0 saturated carbocycles. The van der Waals surface area contributed by atoms with Crippen molar-refractivity contribution in [3.8, 4) is 11.8 Å². The van der Waals surface area contributed by atoms with Crippen molar-refractivity contribution in [2.24, 2.45) is 0 Å². The summed E-state index contributed by atoms with van der Waals surface area (Å²) in [5.74, 6) is -2.22.